The summed E-state index contributed by atoms with van der Waals surface area (Å²) in [5.41, 5.74) is 1.29. The summed E-state index contributed by atoms with van der Waals surface area (Å²) in [6.07, 6.45) is 0.100. The van der Waals surface area contributed by atoms with Gasteiger partial charge in [-0.05, 0) is 5.56 Å². The first-order chi connectivity index (χ1) is 13.1. The Hall–Kier alpha value is -3.24. The quantitative estimate of drug-likeness (QED) is 0.634. The Labute approximate surface area is 158 Å². The zero-order valence-electron chi connectivity index (χ0n) is 14.8. The molecule has 0 aliphatic carbocycles. The van der Waals surface area contributed by atoms with Gasteiger partial charge >= 0.3 is 5.97 Å². The lowest BCUT2D eigenvalue weighted by Crippen LogP contribution is -2.44. The van der Waals surface area contributed by atoms with E-state index in [1.807, 2.05) is 91.0 Å². The molecule has 27 heavy (non-hydrogen) atoms. The van der Waals surface area contributed by atoms with E-state index in [1.54, 1.807) is 0 Å². The normalized spacial score (nSPS) is 12.8. The van der Waals surface area contributed by atoms with Crippen molar-refractivity contribution in [2.75, 3.05) is 6.61 Å². The number of carboxylic acids is 1. The van der Waals surface area contributed by atoms with Gasteiger partial charge in [0.25, 0.3) is 0 Å². The van der Waals surface area contributed by atoms with Crippen molar-refractivity contribution in [2.45, 2.75) is 12.0 Å². The number of benzene rings is 3. The number of rotatable bonds is 7. The Morgan fingerprint density at radius 1 is 0.778 bits per heavy atom. The lowest BCUT2D eigenvalue weighted by Gasteiger charge is -2.25. The fraction of sp³-hybridized carbons (Fsp3) is 0.130. The summed E-state index contributed by atoms with van der Waals surface area (Å²) in [5.74, 6) is -1.15. The minimum atomic E-state index is -1.66. The number of carbonyl (C=O) groups is 1. The third-order valence-electron chi connectivity index (χ3n) is 4.42. The van der Waals surface area contributed by atoms with Gasteiger partial charge in [-0.15, -0.1) is 0 Å². The summed E-state index contributed by atoms with van der Waals surface area (Å²) in [6, 6.07) is 28.1. The highest BCUT2D eigenvalue weighted by Gasteiger charge is 2.38. The number of aliphatic carboxylic acids is 1. The predicted octanol–water partition coefficient (Wildman–Crippen LogP) is 3.58. The van der Waals surface area contributed by atoms with E-state index in [2.05, 4.69) is 4.99 Å². The van der Waals surface area contributed by atoms with Crippen LogP contribution in [0.1, 0.15) is 16.7 Å². The molecule has 3 rings (SSSR count). The van der Waals surface area contributed by atoms with Crippen LogP contribution in [0.15, 0.2) is 96.0 Å². The van der Waals surface area contributed by atoms with E-state index in [0.717, 1.165) is 16.7 Å². The zero-order chi connectivity index (χ0) is 19.1. The summed E-state index contributed by atoms with van der Waals surface area (Å²) < 4.78 is 0. The van der Waals surface area contributed by atoms with Crippen LogP contribution >= 0.6 is 0 Å². The first-order valence-electron chi connectivity index (χ1n) is 8.73. The number of hydrogen-bond acceptors (Lipinski definition) is 3. The van der Waals surface area contributed by atoms with Crippen molar-refractivity contribution in [3.63, 3.8) is 0 Å². The SMILES string of the molecule is O=C(O)C(CO)(Cc1ccccc1)N=C(c1ccccc1)c1ccccc1. The maximum absolute atomic E-state index is 12.2. The average Bonchev–Trinajstić information content (AvgIpc) is 2.73. The Morgan fingerprint density at radius 3 is 1.63 bits per heavy atom. The minimum Gasteiger partial charge on any atom is -0.479 e. The van der Waals surface area contributed by atoms with E-state index in [9.17, 15) is 15.0 Å². The summed E-state index contributed by atoms with van der Waals surface area (Å²) in [6.45, 7) is -0.597. The molecule has 136 valence electrons. The molecule has 0 amide bonds. The van der Waals surface area contributed by atoms with E-state index in [-0.39, 0.29) is 6.42 Å². The highest BCUT2D eigenvalue weighted by molar-refractivity contribution is 6.13. The summed E-state index contributed by atoms with van der Waals surface area (Å²) in [7, 11) is 0. The molecule has 0 heterocycles. The standard InChI is InChI=1S/C23H21NO3/c25-17-23(22(26)27,16-18-10-4-1-5-11-18)24-21(19-12-6-2-7-13-19)20-14-8-3-9-15-20/h1-15,25H,16-17H2,(H,26,27). The van der Waals surface area contributed by atoms with Crippen molar-refractivity contribution in [3.05, 3.63) is 108 Å². The predicted molar refractivity (Wildman–Crippen MR) is 106 cm³/mol. The molecule has 0 spiro atoms. The smallest absolute Gasteiger partial charge is 0.334 e. The van der Waals surface area contributed by atoms with Gasteiger partial charge < -0.3 is 10.2 Å². The van der Waals surface area contributed by atoms with Gasteiger partial charge in [-0.1, -0.05) is 91.0 Å². The fourth-order valence-electron chi connectivity index (χ4n) is 2.96. The number of aliphatic imine (C=N–C) groups is 1. The summed E-state index contributed by atoms with van der Waals surface area (Å²) in [5, 5.41) is 20.0. The molecule has 0 fully saturated rings. The number of nitrogens with zero attached hydrogens (tertiary/aromatic N) is 1. The zero-order valence-corrected chi connectivity index (χ0v) is 14.8. The van der Waals surface area contributed by atoms with E-state index >= 15 is 0 Å². The average molecular weight is 359 g/mol. The van der Waals surface area contributed by atoms with Crippen LogP contribution in [0.2, 0.25) is 0 Å². The highest BCUT2D eigenvalue weighted by Crippen LogP contribution is 2.22. The minimum absolute atomic E-state index is 0.100. The van der Waals surface area contributed by atoms with Crippen LogP contribution in [0.3, 0.4) is 0 Å². The van der Waals surface area contributed by atoms with Gasteiger partial charge in [-0.3, -0.25) is 4.99 Å². The topological polar surface area (TPSA) is 69.9 Å². The van der Waals surface area contributed by atoms with E-state index in [0.29, 0.717) is 5.71 Å². The van der Waals surface area contributed by atoms with Crippen molar-refractivity contribution in [1.82, 2.24) is 0 Å². The Balaban J connectivity index is 2.15. The van der Waals surface area contributed by atoms with Crippen molar-refractivity contribution in [3.8, 4) is 0 Å². The van der Waals surface area contributed by atoms with Gasteiger partial charge in [-0.2, -0.15) is 0 Å². The molecule has 3 aromatic carbocycles. The van der Waals surface area contributed by atoms with Crippen LogP contribution in [0.5, 0.6) is 0 Å². The second-order valence-corrected chi connectivity index (χ2v) is 6.35. The molecule has 0 aliphatic heterocycles. The number of aliphatic hydroxyl groups is 1. The fourth-order valence-corrected chi connectivity index (χ4v) is 2.96. The van der Waals surface area contributed by atoms with Crippen molar-refractivity contribution >= 4 is 11.7 Å². The molecule has 4 heteroatoms. The van der Waals surface area contributed by atoms with Gasteiger partial charge in [0.15, 0.2) is 5.54 Å². The monoisotopic (exact) mass is 359 g/mol. The van der Waals surface area contributed by atoms with E-state index in [1.165, 1.54) is 0 Å². The van der Waals surface area contributed by atoms with Gasteiger partial charge in [0, 0.05) is 17.5 Å². The summed E-state index contributed by atoms with van der Waals surface area (Å²) >= 11 is 0. The Kier molecular flexibility index (Phi) is 5.79. The first kappa shape index (κ1) is 18.5. The van der Waals surface area contributed by atoms with E-state index < -0.39 is 18.1 Å². The highest BCUT2D eigenvalue weighted by atomic mass is 16.4. The van der Waals surface area contributed by atoms with Crippen LogP contribution < -0.4 is 0 Å². The molecule has 3 aromatic rings. The maximum Gasteiger partial charge on any atom is 0.334 e. The molecule has 2 N–H and O–H groups in total. The van der Waals surface area contributed by atoms with Crippen molar-refractivity contribution < 1.29 is 15.0 Å². The number of hydrogen-bond donors (Lipinski definition) is 2. The lowest BCUT2D eigenvalue weighted by atomic mass is 9.90. The Bertz CT molecular complexity index is 867. The van der Waals surface area contributed by atoms with Crippen LogP contribution in [0.25, 0.3) is 0 Å². The van der Waals surface area contributed by atoms with Crippen LogP contribution in [-0.2, 0) is 11.2 Å². The van der Waals surface area contributed by atoms with Crippen molar-refractivity contribution in [1.29, 1.82) is 0 Å². The Morgan fingerprint density at radius 2 is 1.22 bits per heavy atom. The molecule has 0 saturated heterocycles. The second-order valence-electron chi connectivity index (χ2n) is 6.35. The van der Waals surface area contributed by atoms with Gasteiger partial charge in [0.2, 0.25) is 0 Å². The third kappa shape index (κ3) is 4.30. The van der Waals surface area contributed by atoms with Gasteiger partial charge in [0.1, 0.15) is 0 Å². The molecular formula is C23H21NO3. The van der Waals surface area contributed by atoms with Crippen LogP contribution in [0.4, 0.5) is 0 Å². The number of aliphatic hydroxyl groups excluding tert-OH is 1. The van der Waals surface area contributed by atoms with Gasteiger partial charge in [-0.25, -0.2) is 4.79 Å². The van der Waals surface area contributed by atoms with E-state index in [4.69, 9.17) is 0 Å². The molecule has 0 saturated carbocycles. The van der Waals surface area contributed by atoms with Crippen LogP contribution in [-0.4, -0.2) is 34.0 Å². The number of carboxylic acid groups (broad SMARTS) is 1. The molecule has 4 nitrogen and oxygen atoms in total. The molecule has 0 aromatic heterocycles. The molecule has 1 atom stereocenters. The third-order valence-corrected chi connectivity index (χ3v) is 4.42. The van der Waals surface area contributed by atoms with Crippen LogP contribution in [0, 0.1) is 0 Å². The second kappa shape index (κ2) is 8.43. The summed E-state index contributed by atoms with van der Waals surface area (Å²) in [4.78, 5) is 16.8. The maximum atomic E-state index is 12.2. The molecule has 0 aliphatic rings. The molecule has 1 unspecified atom stereocenters. The largest absolute Gasteiger partial charge is 0.479 e. The van der Waals surface area contributed by atoms with Crippen molar-refractivity contribution in [2.24, 2.45) is 4.99 Å². The molecule has 0 bridgehead atoms. The lowest BCUT2D eigenvalue weighted by molar-refractivity contribution is -0.144. The molecule has 0 radical (unpaired) electrons. The molecular weight excluding hydrogens is 338 g/mol. The van der Waals surface area contributed by atoms with Gasteiger partial charge in [0.05, 0.1) is 12.3 Å². The first-order valence-corrected chi connectivity index (χ1v) is 8.73.